The maximum atomic E-state index is 16.0. The predicted molar refractivity (Wildman–Crippen MR) is 213 cm³/mol. The van der Waals surface area contributed by atoms with Crippen LogP contribution in [0.25, 0.3) is 33.6 Å². The van der Waals surface area contributed by atoms with E-state index in [-0.39, 0.29) is 41.2 Å². The Morgan fingerprint density at radius 3 is 2.07 bits per heavy atom. The van der Waals surface area contributed by atoms with Crippen LogP contribution in [0.3, 0.4) is 0 Å². The van der Waals surface area contributed by atoms with Gasteiger partial charge in [0.1, 0.15) is 16.9 Å². The molecule has 58 heavy (non-hydrogen) atoms. The Kier molecular flexibility index (Phi) is 8.81. The quantitative estimate of drug-likeness (QED) is 0.104. The molecule has 290 valence electrons. The van der Waals surface area contributed by atoms with Crippen molar-refractivity contribution in [3.8, 4) is 11.5 Å². The standard InChI is InChI=1S/C45H36ClFN6O5/c1-26-36(58-44(55)57-26)25-56-43(54)37-27-17-19-28(20-18-27)39(37)52-24-35(47)34-23-48-40(50-42(34)52)38-33-21-32(46)22-49-41(33)53(51-38)45(29-11-5-2-6-12-29,30-13-7-3-8-14-30)31-15-9-4-10-16-31/h2-16,21-24,27-28,37,39H,17-20,25H2,1H3/t27?,28?,37-,39-/m0/s1. The number of fused-ring (bicyclic) bond motifs is 5. The summed E-state index contributed by atoms with van der Waals surface area (Å²) in [5.74, 6) is -1.62. The highest BCUT2D eigenvalue weighted by Crippen LogP contribution is 2.53. The Morgan fingerprint density at radius 1 is 0.845 bits per heavy atom. The zero-order valence-corrected chi connectivity index (χ0v) is 32.1. The van der Waals surface area contributed by atoms with E-state index >= 15 is 4.39 Å². The van der Waals surface area contributed by atoms with Crippen LogP contribution in [0.15, 0.2) is 129 Å². The molecule has 0 spiro atoms. The first kappa shape index (κ1) is 36.0. The molecule has 11 rings (SSSR count). The van der Waals surface area contributed by atoms with Gasteiger partial charge in [-0.2, -0.15) is 5.10 Å². The Bertz CT molecular complexity index is 2770. The molecule has 11 nitrogen and oxygen atoms in total. The molecule has 2 bridgehead atoms. The summed E-state index contributed by atoms with van der Waals surface area (Å²) in [6.07, 6.45) is 7.97. The number of benzene rings is 3. The number of carbonyl (C=O) groups is 1. The minimum absolute atomic E-state index is 0.0247. The second-order valence-electron chi connectivity index (χ2n) is 15.1. The molecular weight excluding hydrogens is 759 g/mol. The number of ether oxygens (including phenoxy) is 1. The van der Waals surface area contributed by atoms with Crippen molar-refractivity contribution in [1.82, 2.24) is 29.3 Å². The van der Waals surface area contributed by atoms with Crippen LogP contribution in [0, 0.1) is 30.5 Å². The molecule has 0 radical (unpaired) electrons. The molecule has 0 saturated heterocycles. The van der Waals surface area contributed by atoms with Crippen LogP contribution >= 0.6 is 11.6 Å². The van der Waals surface area contributed by atoms with E-state index in [9.17, 15) is 9.59 Å². The molecule has 0 aliphatic heterocycles. The van der Waals surface area contributed by atoms with Gasteiger partial charge in [0.15, 0.2) is 35.4 Å². The first-order valence-corrected chi connectivity index (χ1v) is 19.7. The minimum Gasteiger partial charge on any atom is -0.457 e. The number of halogens is 2. The summed E-state index contributed by atoms with van der Waals surface area (Å²) in [4.78, 5) is 40.3. The molecule has 3 aromatic carbocycles. The van der Waals surface area contributed by atoms with Crippen molar-refractivity contribution in [2.24, 2.45) is 17.8 Å². The molecule has 3 aliphatic rings. The zero-order chi connectivity index (χ0) is 39.5. The second kappa shape index (κ2) is 14.2. The van der Waals surface area contributed by atoms with E-state index in [1.807, 2.05) is 59.3 Å². The lowest BCUT2D eigenvalue weighted by molar-refractivity contribution is -0.160. The molecule has 0 N–H and O–H groups in total. The predicted octanol–water partition coefficient (Wildman–Crippen LogP) is 9.05. The van der Waals surface area contributed by atoms with Gasteiger partial charge in [-0.1, -0.05) is 103 Å². The van der Waals surface area contributed by atoms with Crippen molar-refractivity contribution >= 4 is 39.6 Å². The van der Waals surface area contributed by atoms with E-state index in [2.05, 4.69) is 36.4 Å². The van der Waals surface area contributed by atoms with Gasteiger partial charge in [0.25, 0.3) is 0 Å². The molecule has 3 aliphatic carbocycles. The van der Waals surface area contributed by atoms with Crippen molar-refractivity contribution in [2.45, 2.75) is 50.8 Å². The number of hydrogen-bond donors (Lipinski definition) is 0. The second-order valence-corrected chi connectivity index (χ2v) is 15.6. The van der Waals surface area contributed by atoms with Crippen LogP contribution in [0.2, 0.25) is 5.02 Å². The molecule has 0 amide bonds. The average Bonchev–Trinajstić information content (AvgIpc) is 3.92. The highest BCUT2D eigenvalue weighted by atomic mass is 35.5. The molecule has 5 aromatic heterocycles. The van der Waals surface area contributed by atoms with Gasteiger partial charge in [0, 0.05) is 18.6 Å². The van der Waals surface area contributed by atoms with E-state index in [0.29, 0.717) is 27.4 Å². The van der Waals surface area contributed by atoms with Crippen LogP contribution in [-0.2, 0) is 21.7 Å². The average molecular weight is 795 g/mol. The normalized spacial score (nSPS) is 19.2. The van der Waals surface area contributed by atoms with Crippen LogP contribution < -0.4 is 5.82 Å². The van der Waals surface area contributed by atoms with Gasteiger partial charge < -0.3 is 18.1 Å². The van der Waals surface area contributed by atoms with Crippen LogP contribution in [0.5, 0.6) is 0 Å². The Labute approximate surface area is 336 Å². The van der Waals surface area contributed by atoms with E-state index < -0.39 is 35.1 Å². The minimum atomic E-state index is -1.01. The highest BCUT2D eigenvalue weighted by molar-refractivity contribution is 6.31. The topological polar surface area (TPSA) is 131 Å². The van der Waals surface area contributed by atoms with E-state index in [0.717, 1.165) is 42.4 Å². The third kappa shape index (κ3) is 5.76. The van der Waals surface area contributed by atoms with Crippen LogP contribution in [-0.4, -0.2) is 35.3 Å². The number of rotatable bonds is 9. The molecule has 8 aromatic rings. The van der Waals surface area contributed by atoms with Crippen molar-refractivity contribution in [2.75, 3.05) is 0 Å². The van der Waals surface area contributed by atoms with Gasteiger partial charge in [0.05, 0.1) is 27.8 Å². The number of aryl methyl sites for hydroxylation is 1. The fraction of sp³-hybridized carbons (Fsp3) is 0.244. The van der Waals surface area contributed by atoms with Gasteiger partial charge in [0.2, 0.25) is 0 Å². The third-order valence-corrected chi connectivity index (χ3v) is 12.3. The third-order valence-electron chi connectivity index (χ3n) is 12.1. The fourth-order valence-corrected chi connectivity index (χ4v) is 9.66. The lowest BCUT2D eigenvalue weighted by Gasteiger charge is -2.47. The summed E-state index contributed by atoms with van der Waals surface area (Å²) >= 11 is 6.67. The van der Waals surface area contributed by atoms with Crippen LogP contribution in [0.4, 0.5) is 4.39 Å². The van der Waals surface area contributed by atoms with Crippen molar-refractivity contribution in [1.29, 1.82) is 0 Å². The van der Waals surface area contributed by atoms with E-state index in [4.69, 9.17) is 45.2 Å². The van der Waals surface area contributed by atoms with Crippen molar-refractivity contribution < 1.29 is 22.8 Å². The maximum Gasteiger partial charge on any atom is 0.519 e. The maximum absolute atomic E-state index is 16.0. The summed E-state index contributed by atoms with van der Waals surface area (Å²) in [5.41, 5.74) is 3.12. The molecule has 2 atom stereocenters. The number of carbonyl (C=O) groups excluding carboxylic acids is 1. The number of aromatic nitrogens is 6. The number of pyridine rings is 1. The first-order valence-electron chi connectivity index (χ1n) is 19.3. The first-order chi connectivity index (χ1) is 28.3. The monoisotopic (exact) mass is 794 g/mol. The number of hydrogen-bond acceptors (Lipinski definition) is 9. The number of nitrogens with zero attached hydrogens (tertiary/aromatic N) is 6. The summed E-state index contributed by atoms with van der Waals surface area (Å²) in [7, 11) is 0. The van der Waals surface area contributed by atoms with Crippen molar-refractivity contribution in [3.05, 3.63) is 165 Å². The van der Waals surface area contributed by atoms with Gasteiger partial charge in [-0.15, -0.1) is 0 Å². The lowest BCUT2D eigenvalue weighted by atomic mass is 9.61. The summed E-state index contributed by atoms with van der Waals surface area (Å²) in [6.45, 7) is 1.33. The Hall–Kier alpha value is -6.40. The SMILES string of the molecule is Cc1oc(=O)oc1COC(=O)[C@H]1C2CCC(CC2)[C@@H]1n1cc(F)c2cnc(-c3nn(C(c4ccccc4)(c4ccccc4)c4ccccc4)c4ncc(Cl)cc34)nc21. The van der Waals surface area contributed by atoms with Crippen LogP contribution in [0.1, 0.15) is 59.9 Å². The van der Waals surface area contributed by atoms with Gasteiger partial charge in [-0.3, -0.25) is 4.79 Å². The van der Waals surface area contributed by atoms with E-state index in [1.54, 1.807) is 23.8 Å². The molecule has 13 heteroatoms. The Balaban J connectivity index is 1.14. The summed E-state index contributed by atoms with van der Waals surface area (Å²) in [6, 6.07) is 31.8. The van der Waals surface area contributed by atoms with Gasteiger partial charge in [-0.25, -0.2) is 28.8 Å². The van der Waals surface area contributed by atoms with Gasteiger partial charge in [-0.05, 0) is 67.2 Å². The molecule has 5 heterocycles. The summed E-state index contributed by atoms with van der Waals surface area (Å²) < 4.78 is 35.5. The molecular formula is C45H36ClFN6O5. The fourth-order valence-electron chi connectivity index (χ4n) is 9.50. The Morgan fingerprint density at radius 2 is 1.47 bits per heavy atom. The van der Waals surface area contributed by atoms with Crippen molar-refractivity contribution in [3.63, 3.8) is 0 Å². The molecule has 0 unspecified atom stereocenters. The van der Waals surface area contributed by atoms with E-state index in [1.165, 1.54) is 12.4 Å². The summed E-state index contributed by atoms with van der Waals surface area (Å²) in [5, 5.41) is 6.59. The highest BCUT2D eigenvalue weighted by Gasteiger charge is 2.50. The smallest absolute Gasteiger partial charge is 0.457 e. The largest absolute Gasteiger partial charge is 0.519 e. The van der Waals surface area contributed by atoms with Gasteiger partial charge >= 0.3 is 11.8 Å². The molecule has 3 fully saturated rings. The number of esters is 1. The molecule has 3 saturated carbocycles. The zero-order valence-electron chi connectivity index (χ0n) is 31.3. The lowest BCUT2D eigenvalue weighted by Crippen LogP contribution is -2.45.